The molecule has 0 bridgehead atoms. The van der Waals surface area contributed by atoms with Crippen LogP contribution in [0.2, 0.25) is 0 Å². The zero-order chi connectivity index (χ0) is 15.0. The average molecular weight is 284 g/mol. The number of hydrogen-bond donors (Lipinski definition) is 2. The second-order valence-electron chi connectivity index (χ2n) is 4.93. The Labute approximate surface area is 120 Å². The van der Waals surface area contributed by atoms with Crippen molar-refractivity contribution in [2.24, 2.45) is 0 Å². The number of rotatable bonds is 9. The summed E-state index contributed by atoms with van der Waals surface area (Å²) >= 11 is 0. The third-order valence-corrected chi connectivity index (χ3v) is 3.12. The van der Waals surface area contributed by atoms with E-state index < -0.39 is 0 Å². The van der Waals surface area contributed by atoms with Gasteiger partial charge in [-0.1, -0.05) is 12.1 Å². The van der Waals surface area contributed by atoms with Gasteiger partial charge in [0.2, 0.25) is 0 Å². The summed E-state index contributed by atoms with van der Waals surface area (Å²) in [6.45, 7) is 6.32. The fraction of sp³-hybridized carbons (Fsp3) is 0.600. The number of para-hydroxylation sites is 1. The lowest BCUT2D eigenvalue weighted by Gasteiger charge is -2.30. The third kappa shape index (κ3) is 4.74. The minimum absolute atomic E-state index is 0.00303. The number of hydrogen-bond acceptors (Lipinski definition) is 4. The van der Waals surface area contributed by atoms with Gasteiger partial charge in [0.25, 0.3) is 0 Å². The largest absolute Gasteiger partial charge is 0.395 e. The lowest BCUT2D eigenvalue weighted by atomic mass is 10.1. The van der Waals surface area contributed by atoms with Gasteiger partial charge < -0.3 is 20.1 Å². The summed E-state index contributed by atoms with van der Waals surface area (Å²) in [5.74, 6) is -0.252. The highest BCUT2D eigenvalue weighted by atomic mass is 19.1. The van der Waals surface area contributed by atoms with E-state index in [1.54, 1.807) is 13.2 Å². The fourth-order valence-electron chi connectivity index (χ4n) is 2.16. The van der Waals surface area contributed by atoms with E-state index >= 15 is 0 Å². The van der Waals surface area contributed by atoms with Crippen LogP contribution in [0.5, 0.6) is 0 Å². The van der Waals surface area contributed by atoms with Crippen LogP contribution in [-0.4, -0.2) is 44.6 Å². The van der Waals surface area contributed by atoms with Gasteiger partial charge in [-0.2, -0.15) is 0 Å². The Kier molecular flexibility index (Phi) is 7.51. The SMILES string of the molecule is COCCNCc1cccc(F)c1N(CCO)C(C)C. The molecule has 0 saturated carbocycles. The van der Waals surface area contributed by atoms with Crippen LogP contribution in [0.15, 0.2) is 18.2 Å². The van der Waals surface area contributed by atoms with Crippen LogP contribution >= 0.6 is 0 Å². The highest BCUT2D eigenvalue weighted by molar-refractivity contribution is 5.55. The number of aliphatic hydroxyl groups is 1. The maximum absolute atomic E-state index is 14.2. The van der Waals surface area contributed by atoms with Gasteiger partial charge in [-0.3, -0.25) is 0 Å². The van der Waals surface area contributed by atoms with E-state index in [2.05, 4.69) is 5.32 Å². The summed E-state index contributed by atoms with van der Waals surface area (Å²) in [6, 6.07) is 5.20. The molecule has 0 fully saturated rings. The van der Waals surface area contributed by atoms with E-state index in [1.165, 1.54) is 6.07 Å². The number of methoxy groups -OCH3 is 1. The molecule has 1 rings (SSSR count). The van der Waals surface area contributed by atoms with Crippen LogP contribution in [0, 0.1) is 5.82 Å². The second-order valence-corrected chi connectivity index (χ2v) is 4.93. The van der Waals surface area contributed by atoms with E-state index in [9.17, 15) is 9.50 Å². The Morgan fingerprint density at radius 3 is 2.75 bits per heavy atom. The van der Waals surface area contributed by atoms with Crippen LogP contribution in [0.4, 0.5) is 10.1 Å². The van der Waals surface area contributed by atoms with Crippen molar-refractivity contribution in [3.8, 4) is 0 Å². The van der Waals surface area contributed by atoms with Gasteiger partial charge in [-0.15, -0.1) is 0 Å². The van der Waals surface area contributed by atoms with Crippen LogP contribution in [0.1, 0.15) is 19.4 Å². The summed E-state index contributed by atoms with van der Waals surface area (Å²) in [6.07, 6.45) is 0. The van der Waals surface area contributed by atoms with Crippen molar-refractivity contribution in [3.63, 3.8) is 0 Å². The van der Waals surface area contributed by atoms with E-state index in [0.717, 1.165) is 5.56 Å². The highest BCUT2D eigenvalue weighted by Crippen LogP contribution is 2.26. The zero-order valence-corrected chi connectivity index (χ0v) is 12.5. The molecule has 0 saturated heterocycles. The molecule has 1 aromatic carbocycles. The van der Waals surface area contributed by atoms with Crippen LogP contribution in [0.25, 0.3) is 0 Å². The van der Waals surface area contributed by atoms with Crippen LogP contribution < -0.4 is 10.2 Å². The quantitative estimate of drug-likeness (QED) is 0.678. The molecule has 0 spiro atoms. The zero-order valence-electron chi connectivity index (χ0n) is 12.5. The number of nitrogens with zero attached hydrogens (tertiary/aromatic N) is 1. The highest BCUT2D eigenvalue weighted by Gasteiger charge is 2.18. The molecule has 5 heteroatoms. The predicted octanol–water partition coefficient (Wildman–Crippen LogP) is 1.77. The Hall–Kier alpha value is -1.17. The van der Waals surface area contributed by atoms with Crippen molar-refractivity contribution in [2.75, 3.05) is 38.3 Å². The van der Waals surface area contributed by atoms with Gasteiger partial charge in [-0.05, 0) is 25.5 Å². The molecule has 0 aromatic heterocycles. The van der Waals surface area contributed by atoms with Crippen molar-refractivity contribution in [2.45, 2.75) is 26.4 Å². The summed E-state index contributed by atoms with van der Waals surface area (Å²) in [4.78, 5) is 1.89. The molecule has 0 atom stereocenters. The number of ether oxygens (including phenoxy) is 1. The second kappa shape index (κ2) is 8.89. The maximum Gasteiger partial charge on any atom is 0.146 e. The molecule has 0 aliphatic rings. The topological polar surface area (TPSA) is 44.7 Å². The number of aliphatic hydroxyl groups excluding tert-OH is 1. The van der Waals surface area contributed by atoms with Crippen molar-refractivity contribution in [1.29, 1.82) is 0 Å². The van der Waals surface area contributed by atoms with Gasteiger partial charge in [0, 0.05) is 32.8 Å². The maximum atomic E-state index is 14.2. The molecule has 0 unspecified atom stereocenters. The molecular weight excluding hydrogens is 259 g/mol. The molecule has 0 amide bonds. The molecule has 2 N–H and O–H groups in total. The summed E-state index contributed by atoms with van der Waals surface area (Å²) in [5, 5.41) is 12.4. The minimum Gasteiger partial charge on any atom is -0.395 e. The average Bonchev–Trinajstić information content (AvgIpc) is 2.42. The molecule has 114 valence electrons. The summed E-state index contributed by atoms with van der Waals surface area (Å²) in [7, 11) is 1.65. The molecule has 0 radical (unpaired) electrons. The molecule has 4 nitrogen and oxygen atoms in total. The Balaban J connectivity index is 2.91. The first kappa shape index (κ1) is 16.9. The lowest BCUT2D eigenvalue weighted by molar-refractivity contribution is 0.199. The van der Waals surface area contributed by atoms with Crippen LogP contribution in [0.3, 0.4) is 0 Å². The first-order chi connectivity index (χ1) is 9.61. The third-order valence-electron chi connectivity index (χ3n) is 3.12. The van der Waals surface area contributed by atoms with Gasteiger partial charge in [0.15, 0.2) is 0 Å². The van der Waals surface area contributed by atoms with Gasteiger partial charge in [0.1, 0.15) is 5.82 Å². The Morgan fingerprint density at radius 2 is 2.15 bits per heavy atom. The number of nitrogens with one attached hydrogen (secondary N) is 1. The van der Waals surface area contributed by atoms with E-state index in [4.69, 9.17) is 4.74 Å². The fourth-order valence-corrected chi connectivity index (χ4v) is 2.16. The van der Waals surface area contributed by atoms with Crippen molar-refractivity contribution in [3.05, 3.63) is 29.6 Å². The number of anilines is 1. The minimum atomic E-state index is -0.252. The van der Waals surface area contributed by atoms with Crippen molar-refractivity contribution < 1.29 is 14.2 Å². The van der Waals surface area contributed by atoms with Crippen LogP contribution in [-0.2, 0) is 11.3 Å². The molecule has 1 aromatic rings. The Bertz CT molecular complexity index is 399. The smallest absolute Gasteiger partial charge is 0.146 e. The van der Waals surface area contributed by atoms with E-state index in [1.807, 2.05) is 24.8 Å². The molecular formula is C15H25FN2O2. The van der Waals surface area contributed by atoms with Crippen molar-refractivity contribution in [1.82, 2.24) is 5.32 Å². The molecule has 0 aliphatic heterocycles. The van der Waals surface area contributed by atoms with Gasteiger partial charge in [-0.25, -0.2) is 4.39 Å². The number of benzene rings is 1. The normalized spacial score (nSPS) is 11.1. The first-order valence-corrected chi connectivity index (χ1v) is 6.96. The molecule has 0 heterocycles. The van der Waals surface area contributed by atoms with Gasteiger partial charge >= 0.3 is 0 Å². The Morgan fingerprint density at radius 1 is 1.40 bits per heavy atom. The van der Waals surface area contributed by atoms with E-state index in [-0.39, 0.29) is 18.5 Å². The summed E-state index contributed by atoms with van der Waals surface area (Å²) in [5.41, 5.74) is 1.46. The van der Waals surface area contributed by atoms with Crippen molar-refractivity contribution >= 4 is 5.69 Å². The molecule has 0 aliphatic carbocycles. The monoisotopic (exact) mass is 284 g/mol. The molecule has 20 heavy (non-hydrogen) atoms. The first-order valence-electron chi connectivity index (χ1n) is 6.96. The lowest BCUT2D eigenvalue weighted by Crippen LogP contribution is -2.35. The van der Waals surface area contributed by atoms with E-state index in [0.29, 0.717) is 31.9 Å². The standard InChI is InChI=1S/C15H25FN2O2/c1-12(2)18(8-9-19)15-13(5-4-6-14(15)16)11-17-7-10-20-3/h4-6,12,17,19H,7-11H2,1-3H3. The number of halogens is 1. The predicted molar refractivity (Wildman–Crippen MR) is 79.6 cm³/mol. The van der Waals surface area contributed by atoms with Gasteiger partial charge in [0.05, 0.1) is 18.9 Å². The summed E-state index contributed by atoms with van der Waals surface area (Å²) < 4.78 is 19.2.